The molecule has 6 aromatic carbocycles. The van der Waals surface area contributed by atoms with Crippen molar-refractivity contribution in [1.82, 2.24) is 0 Å². The van der Waals surface area contributed by atoms with E-state index >= 15 is 4.57 Å². The molecule has 0 spiro atoms. The molecule has 0 amide bonds. The van der Waals surface area contributed by atoms with Crippen LogP contribution in [0.15, 0.2) is 138 Å². The first-order chi connectivity index (χ1) is 18.6. The van der Waals surface area contributed by atoms with Crippen LogP contribution in [0.1, 0.15) is 13.8 Å². The minimum Gasteiger partial charge on any atom is -0.309 e. The highest BCUT2D eigenvalue weighted by atomic mass is 32.2. The molecule has 38 heavy (non-hydrogen) atoms. The molecule has 1 nitrogen and oxygen atoms in total. The van der Waals surface area contributed by atoms with E-state index in [4.69, 9.17) is 0 Å². The Morgan fingerprint density at radius 3 is 1.55 bits per heavy atom. The van der Waals surface area contributed by atoms with Crippen LogP contribution in [-0.2, 0) is 4.57 Å². The molecule has 0 aliphatic heterocycles. The highest BCUT2D eigenvalue weighted by molar-refractivity contribution is 8.00. The highest BCUT2D eigenvalue weighted by Gasteiger charge is 2.34. The van der Waals surface area contributed by atoms with Crippen molar-refractivity contribution in [3.63, 3.8) is 0 Å². The summed E-state index contributed by atoms with van der Waals surface area (Å²) in [4.78, 5) is 1.21. The summed E-state index contributed by atoms with van der Waals surface area (Å²) in [5.74, 6) is 0. The van der Waals surface area contributed by atoms with Crippen molar-refractivity contribution in [2.75, 3.05) is 0 Å². The van der Waals surface area contributed by atoms with E-state index in [1.165, 1.54) is 21.2 Å². The first-order valence-electron chi connectivity index (χ1n) is 13.0. The second kappa shape index (κ2) is 10.3. The number of thioether (sulfide) groups is 1. The molecule has 0 bridgehead atoms. The molecule has 0 radical (unpaired) electrons. The molecule has 0 aliphatic rings. The van der Waals surface area contributed by atoms with E-state index in [0.717, 1.165) is 32.2 Å². The fourth-order valence-corrected chi connectivity index (χ4v) is 9.20. The Bertz CT molecular complexity index is 1750. The van der Waals surface area contributed by atoms with Gasteiger partial charge in [-0.15, -0.1) is 11.8 Å². The van der Waals surface area contributed by atoms with Crippen molar-refractivity contribution >= 4 is 56.4 Å². The predicted octanol–water partition coefficient (Wildman–Crippen LogP) is 8.80. The zero-order chi connectivity index (χ0) is 26.1. The largest absolute Gasteiger partial charge is 0.309 e. The van der Waals surface area contributed by atoms with Crippen LogP contribution in [0.3, 0.4) is 0 Å². The van der Waals surface area contributed by atoms with Crippen LogP contribution in [0.25, 0.3) is 32.7 Å². The van der Waals surface area contributed by atoms with E-state index in [2.05, 4.69) is 86.6 Å². The van der Waals surface area contributed by atoms with E-state index in [1.54, 1.807) is 0 Å². The average Bonchev–Trinajstić information content (AvgIpc) is 2.97. The van der Waals surface area contributed by atoms with E-state index in [1.807, 2.05) is 72.4 Å². The minimum absolute atomic E-state index is 0.406. The summed E-state index contributed by atoms with van der Waals surface area (Å²) in [6.07, 6.45) is 0. The van der Waals surface area contributed by atoms with Gasteiger partial charge in [-0.25, -0.2) is 0 Å². The molecule has 0 unspecified atom stereocenters. The van der Waals surface area contributed by atoms with Gasteiger partial charge in [0.05, 0.1) is 0 Å². The molecule has 0 fully saturated rings. The monoisotopic (exact) mass is 528 g/mol. The summed E-state index contributed by atoms with van der Waals surface area (Å²) in [5, 5.41) is 7.62. The van der Waals surface area contributed by atoms with E-state index in [-0.39, 0.29) is 0 Å². The van der Waals surface area contributed by atoms with Crippen LogP contribution in [0, 0.1) is 0 Å². The Morgan fingerprint density at radius 2 is 1.00 bits per heavy atom. The Labute approximate surface area is 228 Å². The van der Waals surface area contributed by atoms with E-state index < -0.39 is 7.14 Å². The van der Waals surface area contributed by atoms with Gasteiger partial charge < -0.3 is 4.57 Å². The van der Waals surface area contributed by atoms with Gasteiger partial charge in [-0.2, -0.15) is 0 Å². The SMILES string of the molecule is CC(C)Sc1ccc2ccccc2c1-c1c(P(=O)(c2ccccc2)c2ccccc2)ccc2ccccc12. The topological polar surface area (TPSA) is 17.1 Å². The van der Waals surface area contributed by atoms with Gasteiger partial charge in [0.15, 0.2) is 7.14 Å². The Kier molecular flexibility index (Phi) is 6.70. The number of rotatable bonds is 6. The lowest BCUT2D eigenvalue weighted by Crippen LogP contribution is -2.26. The van der Waals surface area contributed by atoms with Gasteiger partial charge in [0, 0.05) is 37.2 Å². The molecular weight excluding hydrogens is 499 g/mol. The fraction of sp³-hybridized carbons (Fsp3) is 0.0857. The normalized spacial score (nSPS) is 11.9. The van der Waals surface area contributed by atoms with Crippen molar-refractivity contribution in [1.29, 1.82) is 0 Å². The molecule has 6 aromatic rings. The molecule has 0 aliphatic carbocycles. The zero-order valence-electron chi connectivity index (χ0n) is 21.5. The molecule has 0 heterocycles. The number of hydrogen-bond acceptors (Lipinski definition) is 2. The molecular formula is C35H29OPS. The van der Waals surface area contributed by atoms with Crippen molar-refractivity contribution in [3.8, 4) is 11.1 Å². The smallest absolute Gasteiger partial charge is 0.171 e. The van der Waals surface area contributed by atoms with Gasteiger partial charge in [0.25, 0.3) is 0 Å². The quantitative estimate of drug-likeness (QED) is 0.159. The third-order valence-corrected chi connectivity index (χ3v) is 11.2. The molecule has 0 N–H and O–H groups in total. The lowest BCUT2D eigenvalue weighted by molar-refractivity contribution is 0.592. The third-order valence-electron chi connectivity index (χ3n) is 6.99. The number of benzene rings is 6. The first-order valence-corrected chi connectivity index (χ1v) is 15.6. The van der Waals surface area contributed by atoms with Gasteiger partial charge in [-0.3, -0.25) is 0 Å². The van der Waals surface area contributed by atoms with E-state index in [9.17, 15) is 0 Å². The molecule has 0 atom stereocenters. The van der Waals surface area contributed by atoms with Crippen molar-refractivity contribution in [3.05, 3.63) is 133 Å². The van der Waals surface area contributed by atoms with Gasteiger partial charge in [0.2, 0.25) is 0 Å². The van der Waals surface area contributed by atoms with Crippen molar-refractivity contribution < 1.29 is 4.57 Å². The van der Waals surface area contributed by atoms with Crippen LogP contribution in [0.5, 0.6) is 0 Å². The summed E-state index contributed by atoms with van der Waals surface area (Å²) >= 11 is 1.86. The summed E-state index contributed by atoms with van der Waals surface area (Å²) in [6.45, 7) is 4.46. The molecule has 0 saturated carbocycles. The van der Waals surface area contributed by atoms with Crippen LogP contribution in [-0.4, -0.2) is 5.25 Å². The maximum absolute atomic E-state index is 15.7. The summed E-state index contributed by atoms with van der Waals surface area (Å²) in [6, 6.07) is 45.8. The summed E-state index contributed by atoms with van der Waals surface area (Å²) in [5.41, 5.74) is 2.24. The molecule has 3 heteroatoms. The summed E-state index contributed by atoms with van der Waals surface area (Å²) in [7, 11) is -3.23. The van der Waals surface area contributed by atoms with Gasteiger partial charge in [0.1, 0.15) is 0 Å². The van der Waals surface area contributed by atoms with Gasteiger partial charge in [-0.1, -0.05) is 135 Å². The zero-order valence-corrected chi connectivity index (χ0v) is 23.3. The Balaban J connectivity index is 1.81. The fourth-order valence-electron chi connectivity index (χ4n) is 5.35. The molecule has 186 valence electrons. The molecule has 6 rings (SSSR count). The highest BCUT2D eigenvalue weighted by Crippen LogP contribution is 2.49. The van der Waals surface area contributed by atoms with Crippen LogP contribution >= 0.6 is 18.9 Å². The minimum atomic E-state index is -3.23. The standard InChI is InChI=1S/C35H29OPS/c1-25(2)38-33-24-22-27-14-10-12-20-31(27)35(33)34-30-19-11-9-13-26(30)21-23-32(34)37(36,28-15-5-3-6-16-28)29-17-7-4-8-18-29/h3-25H,1-2H3. The van der Waals surface area contributed by atoms with Crippen LogP contribution < -0.4 is 15.9 Å². The predicted molar refractivity (Wildman–Crippen MR) is 167 cm³/mol. The third kappa shape index (κ3) is 4.29. The lowest BCUT2D eigenvalue weighted by atomic mass is 9.94. The van der Waals surface area contributed by atoms with Gasteiger partial charge in [-0.05, 0) is 33.7 Å². The number of hydrogen-bond donors (Lipinski definition) is 0. The molecule has 0 saturated heterocycles. The second-order valence-electron chi connectivity index (χ2n) is 9.79. The maximum Gasteiger partial charge on any atom is 0.171 e. The number of fused-ring (bicyclic) bond motifs is 2. The van der Waals surface area contributed by atoms with Crippen molar-refractivity contribution in [2.45, 2.75) is 24.0 Å². The Morgan fingerprint density at radius 1 is 0.526 bits per heavy atom. The van der Waals surface area contributed by atoms with Crippen LogP contribution in [0.2, 0.25) is 0 Å². The van der Waals surface area contributed by atoms with Gasteiger partial charge >= 0.3 is 0 Å². The van der Waals surface area contributed by atoms with E-state index in [0.29, 0.717) is 5.25 Å². The van der Waals surface area contributed by atoms with Crippen molar-refractivity contribution in [2.24, 2.45) is 0 Å². The Hall–Kier alpha value is -3.58. The maximum atomic E-state index is 15.7. The molecule has 0 aromatic heterocycles. The second-order valence-corrected chi connectivity index (χ2v) is 14.1. The average molecular weight is 529 g/mol. The summed E-state index contributed by atoms with van der Waals surface area (Å²) < 4.78 is 15.7. The lowest BCUT2D eigenvalue weighted by Gasteiger charge is -2.26. The first kappa shape index (κ1) is 24.7. The van der Waals surface area contributed by atoms with Crippen LogP contribution in [0.4, 0.5) is 0 Å².